The lowest BCUT2D eigenvalue weighted by molar-refractivity contribution is -0.159. The minimum atomic E-state index is -1.82. The number of carboxylic acid groups (broad SMARTS) is 2. The van der Waals surface area contributed by atoms with E-state index in [9.17, 15) is 0 Å². The van der Waals surface area contributed by atoms with Gasteiger partial charge in [0.1, 0.15) is 12.4 Å². The summed E-state index contributed by atoms with van der Waals surface area (Å²) in [5, 5.41) is 14.8. The Kier molecular flexibility index (Phi) is 11.0. The van der Waals surface area contributed by atoms with Crippen molar-refractivity contribution in [2.45, 2.75) is 13.3 Å². The summed E-state index contributed by atoms with van der Waals surface area (Å²) in [5.74, 6) is -2.72. The first-order chi connectivity index (χ1) is 12.5. The first kappa shape index (κ1) is 21.9. The summed E-state index contributed by atoms with van der Waals surface area (Å²) in [5.41, 5.74) is 1.30. The Labute approximate surface area is 153 Å². The van der Waals surface area contributed by atoms with Gasteiger partial charge in [-0.15, -0.1) is 0 Å². The standard InChI is InChI=1S/C16H25NO3.C2H2O4/c1-2-15-4-3-5-16(14-15)20-13-12-19-11-8-17-6-9-18-10-7-17;3-1(4)2(5)6/h3-5,14H,2,6-13H2,1H3;(H,3,4)(H,5,6). The van der Waals surface area contributed by atoms with Crippen LogP contribution in [0.2, 0.25) is 0 Å². The Morgan fingerprint density at radius 1 is 1.12 bits per heavy atom. The molecule has 1 aromatic carbocycles. The minimum absolute atomic E-state index is 0.607. The van der Waals surface area contributed by atoms with Crippen molar-refractivity contribution in [2.24, 2.45) is 0 Å². The summed E-state index contributed by atoms with van der Waals surface area (Å²) < 4.78 is 16.6. The number of benzene rings is 1. The average molecular weight is 369 g/mol. The van der Waals surface area contributed by atoms with Crippen molar-refractivity contribution in [3.63, 3.8) is 0 Å². The van der Waals surface area contributed by atoms with Gasteiger partial charge in [0.25, 0.3) is 0 Å². The number of hydrogen-bond acceptors (Lipinski definition) is 6. The highest BCUT2D eigenvalue weighted by atomic mass is 16.5. The van der Waals surface area contributed by atoms with E-state index in [0.29, 0.717) is 13.2 Å². The van der Waals surface area contributed by atoms with Crippen molar-refractivity contribution in [2.75, 3.05) is 52.7 Å². The lowest BCUT2D eigenvalue weighted by Gasteiger charge is -2.26. The average Bonchev–Trinajstić information content (AvgIpc) is 2.66. The van der Waals surface area contributed by atoms with Crippen LogP contribution < -0.4 is 4.74 Å². The first-order valence-corrected chi connectivity index (χ1v) is 8.58. The molecule has 0 spiro atoms. The predicted octanol–water partition coefficient (Wildman–Crippen LogP) is 1.13. The lowest BCUT2D eigenvalue weighted by Crippen LogP contribution is -2.38. The molecule has 1 aliphatic heterocycles. The van der Waals surface area contributed by atoms with Gasteiger partial charge >= 0.3 is 11.9 Å². The van der Waals surface area contributed by atoms with Crippen molar-refractivity contribution in [3.05, 3.63) is 29.8 Å². The van der Waals surface area contributed by atoms with Crippen LogP contribution in [0.25, 0.3) is 0 Å². The number of carboxylic acids is 2. The molecule has 0 radical (unpaired) electrons. The van der Waals surface area contributed by atoms with Crippen LogP contribution in [0.4, 0.5) is 0 Å². The third-order valence-corrected chi connectivity index (χ3v) is 3.64. The van der Waals surface area contributed by atoms with Crippen LogP contribution in [-0.4, -0.2) is 79.7 Å². The Bertz CT molecular complexity index is 532. The fraction of sp³-hybridized carbons (Fsp3) is 0.556. The third kappa shape index (κ3) is 9.97. The molecule has 0 bridgehead atoms. The van der Waals surface area contributed by atoms with Gasteiger partial charge in [-0.2, -0.15) is 0 Å². The monoisotopic (exact) mass is 369 g/mol. The molecule has 8 heteroatoms. The van der Waals surface area contributed by atoms with Crippen LogP contribution in [0.3, 0.4) is 0 Å². The largest absolute Gasteiger partial charge is 0.491 e. The Balaban J connectivity index is 0.000000487. The maximum Gasteiger partial charge on any atom is 0.414 e. The van der Waals surface area contributed by atoms with Gasteiger partial charge in [-0.25, -0.2) is 9.59 Å². The number of ether oxygens (including phenoxy) is 3. The molecule has 0 saturated carbocycles. The summed E-state index contributed by atoms with van der Waals surface area (Å²) in [7, 11) is 0. The zero-order valence-electron chi connectivity index (χ0n) is 15.1. The molecular formula is C18H27NO7. The Morgan fingerprint density at radius 3 is 2.42 bits per heavy atom. The quantitative estimate of drug-likeness (QED) is 0.519. The van der Waals surface area contributed by atoms with Crippen LogP contribution in [-0.2, 0) is 25.5 Å². The van der Waals surface area contributed by atoms with Gasteiger partial charge in [0.2, 0.25) is 0 Å². The van der Waals surface area contributed by atoms with Gasteiger partial charge in [-0.1, -0.05) is 19.1 Å². The highest BCUT2D eigenvalue weighted by molar-refractivity contribution is 6.27. The summed E-state index contributed by atoms with van der Waals surface area (Å²) in [6, 6.07) is 8.24. The third-order valence-electron chi connectivity index (χ3n) is 3.64. The number of aliphatic carboxylic acids is 2. The van der Waals surface area contributed by atoms with Crippen LogP contribution in [0.15, 0.2) is 24.3 Å². The Hall–Kier alpha value is -2.16. The van der Waals surface area contributed by atoms with E-state index in [0.717, 1.165) is 51.6 Å². The molecule has 0 atom stereocenters. The summed E-state index contributed by atoms with van der Waals surface area (Å²) in [4.78, 5) is 20.6. The van der Waals surface area contributed by atoms with Gasteiger partial charge in [-0.3, -0.25) is 4.90 Å². The number of carbonyl (C=O) groups is 2. The van der Waals surface area contributed by atoms with Crippen molar-refractivity contribution >= 4 is 11.9 Å². The predicted molar refractivity (Wildman–Crippen MR) is 94.7 cm³/mol. The fourth-order valence-electron chi connectivity index (χ4n) is 2.19. The summed E-state index contributed by atoms with van der Waals surface area (Å²) in [6.45, 7) is 8.86. The molecular weight excluding hydrogens is 342 g/mol. The highest BCUT2D eigenvalue weighted by Crippen LogP contribution is 2.13. The second-order valence-corrected chi connectivity index (χ2v) is 5.53. The topological polar surface area (TPSA) is 106 Å². The zero-order chi connectivity index (χ0) is 19.2. The van der Waals surface area contributed by atoms with Gasteiger partial charge in [0, 0.05) is 19.6 Å². The van der Waals surface area contributed by atoms with Crippen LogP contribution in [0, 0.1) is 0 Å². The van der Waals surface area contributed by atoms with E-state index >= 15 is 0 Å². The minimum Gasteiger partial charge on any atom is -0.491 e. The maximum atomic E-state index is 9.10. The van der Waals surface area contributed by atoms with E-state index in [4.69, 9.17) is 34.0 Å². The van der Waals surface area contributed by atoms with Crippen molar-refractivity contribution in [3.8, 4) is 5.75 Å². The normalized spacial score (nSPS) is 14.2. The number of nitrogens with zero attached hydrogens (tertiary/aromatic N) is 1. The summed E-state index contributed by atoms with van der Waals surface area (Å²) in [6.07, 6.45) is 1.03. The molecule has 0 unspecified atom stereocenters. The van der Waals surface area contributed by atoms with Gasteiger partial charge in [0.05, 0.1) is 26.4 Å². The van der Waals surface area contributed by atoms with Crippen LogP contribution in [0.1, 0.15) is 12.5 Å². The lowest BCUT2D eigenvalue weighted by atomic mass is 10.2. The molecule has 1 heterocycles. The van der Waals surface area contributed by atoms with E-state index in [1.165, 1.54) is 5.56 Å². The molecule has 1 aliphatic rings. The van der Waals surface area contributed by atoms with Crippen LogP contribution >= 0.6 is 0 Å². The molecule has 0 amide bonds. The molecule has 8 nitrogen and oxygen atoms in total. The van der Waals surface area contributed by atoms with E-state index in [-0.39, 0.29) is 0 Å². The molecule has 2 N–H and O–H groups in total. The maximum absolute atomic E-state index is 9.10. The van der Waals surface area contributed by atoms with E-state index in [1.54, 1.807) is 0 Å². The number of aryl methyl sites for hydroxylation is 1. The SMILES string of the molecule is CCc1cccc(OCCOCCN2CCOCC2)c1.O=C(O)C(=O)O. The molecule has 0 aromatic heterocycles. The molecule has 2 rings (SSSR count). The molecule has 0 aliphatic carbocycles. The smallest absolute Gasteiger partial charge is 0.414 e. The first-order valence-electron chi connectivity index (χ1n) is 8.58. The van der Waals surface area contributed by atoms with Crippen molar-refractivity contribution < 1.29 is 34.0 Å². The van der Waals surface area contributed by atoms with Crippen molar-refractivity contribution in [1.29, 1.82) is 0 Å². The molecule has 1 fully saturated rings. The number of rotatable bonds is 8. The van der Waals surface area contributed by atoms with E-state index < -0.39 is 11.9 Å². The van der Waals surface area contributed by atoms with Crippen molar-refractivity contribution in [1.82, 2.24) is 4.90 Å². The second kappa shape index (κ2) is 13.1. The zero-order valence-corrected chi connectivity index (χ0v) is 15.1. The van der Waals surface area contributed by atoms with Gasteiger partial charge in [0.15, 0.2) is 0 Å². The summed E-state index contributed by atoms with van der Waals surface area (Å²) >= 11 is 0. The number of hydrogen-bond donors (Lipinski definition) is 2. The Morgan fingerprint density at radius 2 is 1.81 bits per heavy atom. The van der Waals surface area contributed by atoms with Crippen LogP contribution in [0.5, 0.6) is 5.75 Å². The van der Waals surface area contributed by atoms with Gasteiger partial charge in [-0.05, 0) is 24.1 Å². The molecule has 146 valence electrons. The highest BCUT2D eigenvalue weighted by Gasteiger charge is 2.09. The fourth-order valence-corrected chi connectivity index (χ4v) is 2.19. The van der Waals surface area contributed by atoms with Gasteiger partial charge < -0.3 is 24.4 Å². The second-order valence-electron chi connectivity index (χ2n) is 5.53. The number of morpholine rings is 1. The molecule has 1 aromatic rings. The van der Waals surface area contributed by atoms with E-state index in [1.807, 2.05) is 12.1 Å². The molecule has 1 saturated heterocycles. The molecule has 26 heavy (non-hydrogen) atoms. The van der Waals surface area contributed by atoms with E-state index in [2.05, 4.69) is 24.0 Å².